The third-order valence-electron chi connectivity index (χ3n) is 2.13. The van der Waals surface area contributed by atoms with Crippen molar-refractivity contribution in [2.75, 3.05) is 0 Å². The van der Waals surface area contributed by atoms with Crippen molar-refractivity contribution in [1.29, 1.82) is 0 Å². The Hall–Kier alpha value is -0.153. The Kier molecular flexibility index (Phi) is 1.85. The number of aryl methyl sites for hydroxylation is 1. The standard InChI is InChI=1S/C8H8BrFSi/c9-6-3-5-1-2-11-8(5)7(10)4-6/h3-4H,1-2,11H2. The van der Waals surface area contributed by atoms with Gasteiger partial charge in [0, 0.05) is 4.47 Å². The summed E-state index contributed by atoms with van der Waals surface area (Å²) in [6.07, 6.45) is 1.10. The predicted octanol–water partition coefficient (Wildman–Crippen LogP) is 1.36. The van der Waals surface area contributed by atoms with E-state index in [2.05, 4.69) is 22.0 Å². The second kappa shape index (κ2) is 2.72. The molecule has 0 radical (unpaired) electrons. The van der Waals surface area contributed by atoms with Crippen molar-refractivity contribution in [3.63, 3.8) is 0 Å². The Morgan fingerprint density at radius 2 is 2.27 bits per heavy atom. The lowest BCUT2D eigenvalue weighted by Gasteiger charge is -2.00. The molecule has 0 saturated heterocycles. The van der Waals surface area contributed by atoms with Crippen LogP contribution < -0.4 is 5.19 Å². The molecule has 0 atom stereocenters. The first kappa shape index (κ1) is 7.49. The van der Waals surface area contributed by atoms with Gasteiger partial charge in [0.1, 0.15) is 5.82 Å². The zero-order valence-electron chi connectivity index (χ0n) is 6.03. The molecule has 0 fully saturated rings. The SMILES string of the molecule is Fc1cc(Br)cc2c1[SiH2]CC2. The van der Waals surface area contributed by atoms with Crippen LogP contribution in [0, 0.1) is 5.82 Å². The summed E-state index contributed by atoms with van der Waals surface area (Å²) in [4.78, 5) is 0. The van der Waals surface area contributed by atoms with E-state index in [9.17, 15) is 4.39 Å². The molecule has 0 unspecified atom stereocenters. The van der Waals surface area contributed by atoms with Gasteiger partial charge in [0.25, 0.3) is 0 Å². The molecule has 58 valence electrons. The van der Waals surface area contributed by atoms with Gasteiger partial charge in [0.05, 0.1) is 9.52 Å². The lowest BCUT2D eigenvalue weighted by molar-refractivity contribution is 0.634. The molecule has 1 aliphatic heterocycles. The van der Waals surface area contributed by atoms with Gasteiger partial charge in [-0.05, 0) is 29.3 Å². The van der Waals surface area contributed by atoms with Crippen molar-refractivity contribution < 1.29 is 4.39 Å². The lowest BCUT2D eigenvalue weighted by Crippen LogP contribution is -2.15. The topological polar surface area (TPSA) is 0 Å². The summed E-state index contributed by atoms with van der Waals surface area (Å²) < 4.78 is 14.0. The molecule has 0 saturated carbocycles. The van der Waals surface area contributed by atoms with Gasteiger partial charge in [-0.3, -0.25) is 0 Å². The van der Waals surface area contributed by atoms with E-state index in [1.54, 1.807) is 6.07 Å². The van der Waals surface area contributed by atoms with E-state index < -0.39 is 0 Å². The van der Waals surface area contributed by atoms with Crippen molar-refractivity contribution in [3.8, 4) is 0 Å². The highest BCUT2D eigenvalue weighted by Crippen LogP contribution is 2.17. The maximum absolute atomic E-state index is 13.2. The molecule has 1 heterocycles. The van der Waals surface area contributed by atoms with Crippen LogP contribution in [0.5, 0.6) is 0 Å². The molecule has 1 aromatic rings. The van der Waals surface area contributed by atoms with E-state index in [1.807, 2.05) is 0 Å². The number of hydrogen-bond acceptors (Lipinski definition) is 0. The van der Waals surface area contributed by atoms with Gasteiger partial charge in [-0.25, -0.2) is 4.39 Å². The molecular formula is C8H8BrFSi. The predicted molar refractivity (Wildman–Crippen MR) is 50.8 cm³/mol. The molecule has 0 amide bonds. The van der Waals surface area contributed by atoms with Crippen LogP contribution >= 0.6 is 15.9 Å². The number of hydrogen-bond donors (Lipinski definition) is 0. The summed E-state index contributed by atoms with van der Waals surface area (Å²) in [6, 6.07) is 4.87. The molecular weight excluding hydrogens is 223 g/mol. The first-order chi connectivity index (χ1) is 5.27. The lowest BCUT2D eigenvalue weighted by atomic mass is 10.2. The fraction of sp³-hybridized carbons (Fsp3) is 0.250. The Labute approximate surface area is 75.8 Å². The molecule has 1 aromatic carbocycles. The van der Waals surface area contributed by atoms with Crippen LogP contribution in [0.2, 0.25) is 6.04 Å². The summed E-state index contributed by atoms with van der Waals surface area (Å²) in [5, 5.41) is 1.06. The minimum Gasteiger partial charge on any atom is -0.207 e. The average molecular weight is 231 g/mol. The molecule has 3 heteroatoms. The van der Waals surface area contributed by atoms with E-state index in [4.69, 9.17) is 0 Å². The minimum atomic E-state index is -0.249. The first-order valence-corrected chi connectivity index (χ1v) is 6.24. The number of halogens is 2. The van der Waals surface area contributed by atoms with Gasteiger partial charge in [-0.2, -0.15) is 0 Å². The maximum atomic E-state index is 13.2. The fourth-order valence-electron chi connectivity index (χ4n) is 1.62. The van der Waals surface area contributed by atoms with Gasteiger partial charge >= 0.3 is 0 Å². The highest BCUT2D eigenvalue weighted by molar-refractivity contribution is 9.10. The summed E-state index contributed by atoms with van der Waals surface area (Å²) in [5.41, 5.74) is 1.24. The molecule has 0 nitrogen and oxygen atoms in total. The summed E-state index contributed by atoms with van der Waals surface area (Å²) >= 11 is 3.29. The number of benzene rings is 1. The molecule has 11 heavy (non-hydrogen) atoms. The normalized spacial score (nSPS) is 17.3. The van der Waals surface area contributed by atoms with Crippen LogP contribution in [0.3, 0.4) is 0 Å². The van der Waals surface area contributed by atoms with Gasteiger partial charge in [0.2, 0.25) is 0 Å². The molecule has 0 spiro atoms. The second-order valence-corrected chi connectivity index (χ2v) is 5.71. The number of fused-ring (bicyclic) bond motifs is 1. The Morgan fingerprint density at radius 1 is 1.45 bits per heavy atom. The summed E-state index contributed by atoms with van der Waals surface area (Å²) in [7, 11) is -0.249. The third-order valence-corrected chi connectivity index (χ3v) is 4.58. The Bertz CT molecular complexity index is 298. The molecule has 0 aromatic heterocycles. The van der Waals surface area contributed by atoms with E-state index in [0.717, 1.165) is 16.1 Å². The Balaban J connectivity index is 2.60. The van der Waals surface area contributed by atoms with Crippen LogP contribution in [-0.2, 0) is 6.42 Å². The largest absolute Gasteiger partial charge is 0.207 e. The molecule has 0 bridgehead atoms. The molecule has 0 N–H and O–H groups in total. The first-order valence-electron chi connectivity index (χ1n) is 3.74. The van der Waals surface area contributed by atoms with Gasteiger partial charge in [-0.15, -0.1) is 0 Å². The average Bonchev–Trinajstić information content (AvgIpc) is 2.34. The van der Waals surface area contributed by atoms with Crippen LogP contribution in [0.15, 0.2) is 16.6 Å². The highest BCUT2D eigenvalue weighted by atomic mass is 79.9. The van der Waals surface area contributed by atoms with Gasteiger partial charge in [-0.1, -0.05) is 22.0 Å². The monoisotopic (exact) mass is 230 g/mol. The number of rotatable bonds is 0. The van der Waals surface area contributed by atoms with E-state index in [0.29, 0.717) is 0 Å². The fourth-order valence-corrected chi connectivity index (χ4v) is 3.94. The zero-order chi connectivity index (χ0) is 7.84. The van der Waals surface area contributed by atoms with Crippen LogP contribution in [0.1, 0.15) is 5.56 Å². The van der Waals surface area contributed by atoms with Gasteiger partial charge in [0.15, 0.2) is 0 Å². The van der Waals surface area contributed by atoms with E-state index in [1.165, 1.54) is 11.6 Å². The van der Waals surface area contributed by atoms with Crippen LogP contribution in [-0.4, -0.2) is 9.52 Å². The third kappa shape index (κ3) is 1.27. The van der Waals surface area contributed by atoms with Crippen molar-refractivity contribution in [2.24, 2.45) is 0 Å². The van der Waals surface area contributed by atoms with E-state index >= 15 is 0 Å². The minimum absolute atomic E-state index is 0.0125. The summed E-state index contributed by atoms with van der Waals surface area (Å²) in [5.74, 6) is 0.0125. The van der Waals surface area contributed by atoms with Crippen molar-refractivity contribution >= 4 is 30.6 Å². The van der Waals surface area contributed by atoms with Gasteiger partial charge < -0.3 is 0 Å². The second-order valence-electron chi connectivity index (χ2n) is 2.88. The van der Waals surface area contributed by atoms with Crippen LogP contribution in [0.25, 0.3) is 0 Å². The van der Waals surface area contributed by atoms with Crippen molar-refractivity contribution in [1.82, 2.24) is 0 Å². The highest BCUT2D eigenvalue weighted by Gasteiger charge is 2.15. The Morgan fingerprint density at radius 3 is 3.09 bits per heavy atom. The molecule has 0 aliphatic carbocycles. The van der Waals surface area contributed by atoms with Crippen molar-refractivity contribution in [3.05, 3.63) is 28.0 Å². The van der Waals surface area contributed by atoms with Crippen LogP contribution in [0.4, 0.5) is 4.39 Å². The van der Waals surface area contributed by atoms with E-state index in [-0.39, 0.29) is 15.3 Å². The van der Waals surface area contributed by atoms with Crippen molar-refractivity contribution in [2.45, 2.75) is 12.5 Å². The summed E-state index contributed by atoms with van der Waals surface area (Å²) in [6.45, 7) is 0. The maximum Gasteiger partial charge on any atom is 0.123 e. The zero-order valence-corrected chi connectivity index (χ0v) is 9.03. The quantitative estimate of drug-likeness (QED) is 0.591. The smallest absolute Gasteiger partial charge is 0.123 e. The molecule has 2 rings (SSSR count). The molecule has 1 aliphatic rings.